The molecule has 0 aliphatic rings. The number of hydrogen-bond acceptors (Lipinski definition) is 7. The zero-order valence-corrected chi connectivity index (χ0v) is 21.5. The number of hydrogen-bond donors (Lipinski definition) is 3. The van der Waals surface area contributed by atoms with Gasteiger partial charge in [-0.25, -0.2) is 4.98 Å². The van der Waals surface area contributed by atoms with Gasteiger partial charge in [-0.2, -0.15) is 0 Å². The fraction of sp³-hybridized carbons (Fsp3) is 0.133. The van der Waals surface area contributed by atoms with Gasteiger partial charge in [-0.15, -0.1) is 0 Å². The molecule has 192 valence electrons. The van der Waals surface area contributed by atoms with Gasteiger partial charge in [-0.05, 0) is 46.7 Å². The summed E-state index contributed by atoms with van der Waals surface area (Å²) < 4.78 is 10.6. The molecule has 38 heavy (non-hydrogen) atoms. The molecule has 0 spiro atoms. The summed E-state index contributed by atoms with van der Waals surface area (Å²) in [7, 11) is 2.94. The van der Waals surface area contributed by atoms with E-state index in [0.717, 1.165) is 22.0 Å². The summed E-state index contributed by atoms with van der Waals surface area (Å²) in [4.78, 5) is 18.1. The first-order valence-electron chi connectivity index (χ1n) is 11.9. The molecule has 0 saturated heterocycles. The highest BCUT2D eigenvalue weighted by molar-refractivity contribution is 6.30. The second kappa shape index (κ2) is 10.5. The normalized spacial score (nSPS) is 11.9. The van der Waals surface area contributed by atoms with Crippen LogP contribution in [0.4, 0.5) is 5.69 Å². The van der Waals surface area contributed by atoms with Crippen molar-refractivity contribution in [2.45, 2.75) is 12.5 Å². The van der Waals surface area contributed by atoms with Crippen LogP contribution in [0.2, 0.25) is 5.02 Å². The number of aromatic nitrogens is 1. The van der Waals surface area contributed by atoms with Gasteiger partial charge in [-0.3, -0.25) is 4.79 Å². The number of Topliss-reactive ketones (excluding diaryl/α,β-unsaturated/α-hetero) is 1. The van der Waals surface area contributed by atoms with E-state index in [2.05, 4.69) is 10.3 Å². The Bertz CT molecular complexity index is 1650. The smallest absolute Gasteiger partial charge is 0.226 e. The van der Waals surface area contributed by atoms with E-state index >= 15 is 0 Å². The number of pyridine rings is 1. The molecule has 0 radical (unpaired) electrons. The first-order valence-corrected chi connectivity index (χ1v) is 12.3. The molecule has 0 aliphatic carbocycles. The molecule has 1 aromatic heterocycles. The Morgan fingerprint density at radius 1 is 0.921 bits per heavy atom. The number of carbonyl (C=O) groups is 1. The van der Waals surface area contributed by atoms with Crippen molar-refractivity contribution in [3.8, 4) is 23.1 Å². The van der Waals surface area contributed by atoms with E-state index < -0.39 is 17.7 Å². The first-order chi connectivity index (χ1) is 18.4. The Balaban J connectivity index is 1.58. The number of fused-ring (bicyclic) bond motifs is 2. The third-order valence-electron chi connectivity index (χ3n) is 6.45. The summed E-state index contributed by atoms with van der Waals surface area (Å²) in [5, 5.41) is 28.2. The largest absolute Gasteiger partial charge is 0.506 e. The predicted octanol–water partition coefficient (Wildman–Crippen LogP) is 6.38. The molecule has 1 atom stereocenters. The van der Waals surface area contributed by atoms with Crippen molar-refractivity contribution in [2.75, 3.05) is 19.5 Å². The minimum atomic E-state index is -0.839. The van der Waals surface area contributed by atoms with Gasteiger partial charge in [-0.1, -0.05) is 54.1 Å². The highest BCUT2D eigenvalue weighted by Gasteiger charge is 2.29. The summed E-state index contributed by atoms with van der Waals surface area (Å²) >= 11 is 6.06. The topological polar surface area (TPSA) is 101 Å². The number of aromatic hydroxyl groups is 2. The van der Waals surface area contributed by atoms with Crippen LogP contribution in [0.5, 0.6) is 23.1 Å². The van der Waals surface area contributed by atoms with Gasteiger partial charge >= 0.3 is 0 Å². The molecular weight excluding hydrogens is 504 g/mol. The minimum Gasteiger partial charge on any atom is -0.506 e. The third-order valence-corrected chi connectivity index (χ3v) is 6.70. The van der Waals surface area contributed by atoms with Crippen LogP contribution in [0.3, 0.4) is 0 Å². The van der Waals surface area contributed by atoms with Crippen LogP contribution in [-0.2, 0) is 6.42 Å². The van der Waals surface area contributed by atoms with Crippen LogP contribution in [0.1, 0.15) is 15.9 Å². The standard InChI is InChI=1S/C30H25ClN2O5/c1-37-25-15-22-23(16-26(25)38-2)33-30(36)27(28(22)34)29(35)24(13-17-7-10-20(31)11-8-17)32-21-12-9-18-5-3-4-6-19(18)14-21/h3-12,14-16,24,32H,13H2,1-2H3,(H2,33,34,36). The Hall–Kier alpha value is -4.49. The van der Waals surface area contributed by atoms with E-state index in [1.807, 2.05) is 54.6 Å². The zero-order chi connectivity index (χ0) is 26.8. The van der Waals surface area contributed by atoms with Crippen molar-refractivity contribution in [3.63, 3.8) is 0 Å². The maximum Gasteiger partial charge on any atom is 0.226 e. The molecule has 5 rings (SSSR count). The summed E-state index contributed by atoms with van der Waals surface area (Å²) in [6.45, 7) is 0. The predicted molar refractivity (Wildman–Crippen MR) is 149 cm³/mol. The SMILES string of the molecule is COc1cc2nc(O)c(C(=O)C(Cc3ccc(Cl)cc3)Nc3ccc4ccccc4c3)c(O)c2cc1OC. The molecule has 0 fully saturated rings. The Kier molecular flexibility index (Phi) is 6.94. The number of nitrogens with one attached hydrogen (secondary N) is 1. The average Bonchev–Trinajstić information content (AvgIpc) is 2.93. The highest BCUT2D eigenvalue weighted by atomic mass is 35.5. The van der Waals surface area contributed by atoms with Crippen molar-refractivity contribution >= 4 is 44.7 Å². The number of ether oxygens (including phenoxy) is 2. The van der Waals surface area contributed by atoms with Crippen LogP contribution < -0.4 is 14.8 Å². The van der Waals surface area contributed by atoms with Crippen molar-refractivity contribution in [1.29, 1.82) is 0 Å². The molecule has 4 aromatic carbocycles. The maximum absolute atomic E-state index is 13.9. The van der Waals surface area contributed by atoms with Crippen LogP contribution in [0.25, 0.3) is 21.7 Å². The first kappa shape index (κ1) is 25.2. The van der Waals surface area contributed by atoms with Crippen LogP contribution in [0.15, 0.2) is 78.9 Å². The van der Waals surface area contributed by atoms with Crippen molar-refractivity contribution in [3.05, 3.63) is 95.0 Å². The third kappa shape index (κ3) is 4.88. The van der Waals surface area contributed by atoms with Crippen LogP contribution in [-0.4, -0.2) is 41.2 Å². The summed E-state index contributed by atoms with van der Waals surface area (Å²) in [5.41, 5.74) is 1.54. The Morgan fingerprint density at radius 2 is 1.61 bits per heavy atom. The van der Waals surface area contributed by atoms with Crippen molar-refractivity contribution in [1.82, 2.24) is 4.98 Å². The number of halogens is 1. The second-order valence-electron chi connectivity index (χ2n) is 8.84. The van der Waals surface area contributed by atoms with Gasteiger partial charge < -0.3 is 25.0 Å². The quantitative estimate of drug-likeness (QED) is 0.201. The Morgan fingerprint density at radius 3 is 2.32 bits per heavy atom. The lowest BCUT2D eigenvalue weighted by Gasteiger charge is -2.21. The lowest BCUT2D eigenvalue weighted by Crippen LogP contribution is -2.32. The van der Waals surface area contributed by atoms with Gasteiger partial charge in [0.1, 0.15) is 11.3 Å². The molecule has 1 unspecified atom stereocenters. The van der Waals surface area contributed by atoms with Gasteiger partial charge in [0.05, 0.1) is 25.8 Å². The minimum absolute atomic E-state index is 0.250. The average molecular weight is 529 g/mol. The van der Waals surface area contributed by atoms with Crippen LogP contribution >= 0.6 is 11.6 Å². The molecule has 8 heteroatoms. The van der Waals surface area contributed by atoms with Crippen molar-refractivity contribution in [2.24, 2.45) is 0 Å². The molecular formula is C30H25ClN2O5. The van der Waals surface area contributed by atoms with E-state index in [0.29, 0.717) is 16.5 Å². The summed E-state index contributed by atoms with van der Waals surface area (Å²) in [6, 6.07) is 23.1. The lowest BCUT2D eigenvalue weighted by molar-refractivity contribution is 0.0963. The number of methoxy groups -OCH3 is 2. The van der Waals surface area contributed by atoms with Gasteiger partial charge in [0.2, 0.25) is 5.88 Å². The van der Waals surface area contributed by atoms with E-state index in [9.17, 15) is 15.0 Å². The molecule has 0 saturated carbocycles. The number of nitrogens with zero attached hydrogens (tertiary/aromatic N) is 1. The van der Waals surface area contributed by atoms with E-state index in [-0.39, 0.29) is 28.6 Å². The number of rotatable bonds is 8. The zero-order valence-electron chi connectivity index (χ0n) is 20.7. The molecule has 5 aromatic rings. The van der Waals surface area contributed by atoms with Crippen molar-refractivity contribution < 1.29 is 24.5 Å². The Labute approximate surface area is 224 Å². The molecule has 3 N–H and O–H groups in total. The van der Waals surface area contributed by atoms with Gasteiger partial charge in [0.15, 0.2) is 17.3 Å². The fourth-order valence-electron chi connectivity index (χ4n) is 4.51. The molecule has 0 bridgehead atoms. The second-order valence-corrected chi connectivity index (χ2v) is 9.27. The number of benzene rings is 4. The number of ketones is 1. The lowest BCUT2D eigenvalue weighted by atomic mass is 9.95. The van der Waals surface area contributed by atoms with E-state index in [1.165, 1.54) is 26.4 Å². The highest BCUT2D eigenvalue weighted by Crippen LogP contribution is 2.40. The summed E-state index contributed by atoms with van der Waals surface area (Å²) in [5.74, 6) is -0.752. The van der Waals surface area contributed by atoms with E-state index in [4.69, 9.17) is 21.1 Å². The molecule has 0 aliphatic heterocycles. The van der Waals surface area contributed by atoms with Crippen LogP contribution in [0, 0.1) is 0 Å². The molecule has 0 amide bonds. The van der Waals surface area contributed by atoms with Gasteiger partial charge in [0, 0.05) is 28.6 Å². The van der Waals surface area contributed by atoms with Gasteiger partial charge in [0.25, 0.3) is 0 Å². The van der Waals surface area contributed by atoms with E-state index in [1.54, 1.807) is 12.1 Å². The number of carbonyl (C=O) groups excluding carboxylic acids is 1. The number of anilines is 1. The monoisotopic (exact) mass is 528 g/mol. The molecule has 7 nitrogen and oxygen atoms in total. The molecule has 1 heterocycles. The fourth-order valence-corrected chi connectivity index (χ4v) is 4.63. The maximum atomic E-state index is 13.9. The summed E-state index contributed by atoms with van der Waals surface area (Å²) in [6.07, 6.45) is 0.270.